The first-order valence-electron chi connectivity index (χ1n) is 6.59. The summed E-state index contributed by atoms with van der Waals surface area (Å²) in [6.07, 6.45) is 4.32. The van der Waals surface area contributed by atoms with Gasteiger partial charge >= 0.3 is 0 Å². The van der Waals surface area contributed by atoms with Crippen LogP contribution in [0.15, 0.2) is 22.8 Å². The number of benzene rings is 1. The van der Waals surface area contributed by atoms with E-state index in [4.69, 9.17) is 5.73 Å². The average molecular weight is 354 g/mol. The topological polar surface area (TPSA) is 99.9 Å². The van der Waals surface area contributed by atoms with Gasteiger partial charge in [0, 0.05) is 6.07 Å². The average Bonchev–Trinajstić information content (AvgIpc) is 2.86. The third kappa shape index (κ3) is 3.64. The van der Waals surface area contributed by atoms with Crippen molar-refractivity contribution in [2.24, 2.45) is 5.73 Å². The Hall–Kier alpha value is -1.80. The Morgan fingerprint density at radius 3 is 2.86 bits per heavy atom. The maximum atomic E-state index is 11.2. The van der Waals surface area contributed by atoms with Crippen LogP contribution in [0, 0.1) is 17.0 Å². The van der Waals surface area contributed by atoms with E-state index >= 15 is 0 Å². The van der Waals surface area contributed by atoms with Gasteiger partial charge in [0.05, 0.1) is 21.3 Å². The van der Waals surface area contributed by atoms with Crippen LogP contribution in [0.3, 0.4) is 0 Å². The van der Waals surface area contributed by atoms with Crippen LogP contribution in [0.2, 0.25) is 0 Å². The van der Waals surface area contributed by atoms with E-state index in [0.717, 1.165) is 30.5 Å². The summed E-state index contributed by atoms with van der Waals surface area (Å²) in [7, 11) is 0. The molecule has 2 N–H and O–H groups in total. The summed E-state index contributed by atoms with van der Waals surface area (Å²) in [5.41, 5.74) is 7.45. The van der Waals surface area contributed by atoms with Crippen molar-refractivity contribution in [3.63, 3.8) is 0 Å². The minimum atomic E-state index is -0.414. The highest BCUT2D eigenvalue weighted by Gasteiger charge is 2.20. The molecule has 1 aromatic heterocycles. The standard InChI is InChI=1S/C13H16BrN5O2/c1-9-6-11(14)13(12(7-9)19(20)21)18-8-10(16-17-18)4-2-3-5-15/h6-8H,2-5,15H2,1H3. The van der Waals surface area contributed by atoms with Crippen molar-refractivity contribution in [1.29, 1.82) is 0 Å². The molecule has 7 nitrogen and oxygen atoms in total. The summed E-state index contributed by atoms with van der Waals surface area (Å²) in [5.74, 6) is 0. The molecule has 0 bridgehead atoms. The lowest BCUT2D eigenvalue weighted by molar-refractivity contribution is -0.384. The minimum absolute atomic E-state index is 0.000262. The van der Waals surface area contributed by atoms with Gasteiger partial charge in [0.1, 0.15) is 0 Å². The molecule has 112 valence electrons. The van der Waals surface area contributed by atoms with E-state index in [1.807, 2.05) is 6.07 Å². The number of hydrogen-bond acceptors (Lipinski definition) is 5. The highest BCUT2D eigenvalue weighted by molar-refractivity contribution is 9.10. The second-order valence-electron chi connectivity index (χ2n) is 4.77. The lowest BCUT2D eigenvalue weighted by atomic mass is 10.2. The Morgan fingerprint density at radius 1 is 1.43 bits per heavy atom. The number of nitro benzene ring substituents is 1. The molecule has 0 radical (unpaired) electrons. The number of nitro groups is 1. The molecule has 0 aliphatic carbocycles. The first kappa shape index (κ1) is 15.6. The van der Waals surface area contributed by atoms with Gasteiger partial charge in [-0.3, -0.25) is 10.1 Å². The van der Waals surface area contributed by atoms with E-state index in [0.29, 0.717) is 16.7 Å². The fraction of sp³-hybridized carbons (Fsp3) is 0.385. The smallest absolute Gasteiger partial charge is 0.296 e. The molecule has 0 aliphatic heterocycles. The summed E-state index contributed by atoms with van der Waals surface area (Å²) < 4.78 is 2.06. The van der Waals surface area contributed by atoms with Gasteiger partial charge < -0.3 is 5.73 Å². The quantitative estimate of drug-likeness (QED) is 0.488. The zero-order chi connectivity index (χ0) is 15.4. The lowest BCUT2D eigenvalue weighted by Crippen LogP contribution is -2.02. The predicted octanol–water partition coefficient (Wildman–Crippen LogP) is 2.53. The van der Waals surface area contributed by atoms with Crippen molar-refractivity contribution >= 4 is 21.6 Å². The van der Waals surface area contributed by atoms with Gasteiger partial charge in [-0.05, 0) is 60.3 Å². The highest BCUT2D eigenvalue weighted by atomic mass is 79.9. The molecule has 1 aromatic carbocycles. The van der Waals surface area contributed by atoms with Crippen LogP contribution < -0.4 is 5.73 Å². The van der Waals surface area contributed by atoms with Crippen LogP contribution >= 0.6 is 15.9 Å². The van der Waals surface area contributed by atoms with E-state index in [9.17, 15) is 10.1 Å². The number of aryl methyl sites for hydroxylation is 2. The fourth-order valence-electron chi connectivity index (χ4n) is 2.05. The largest absolute Gasteiger partial charge is 0.330 e. The molecule has 0 spiro atoms. The monoisotopic (exact) mass is 353 g/mol. The van der Waals surface area contributed by atoms with E-state index in [-0.39, 0.29) is 5.69 Å². The second-order valence-corrected chi connectivity index (χ2v) is 5.63. The zero-order valence-electron chi connectivity index (χ0n) is 11.6. The summed E-state index contributed by atoms with van der Waals surface area (Å²) in [6.45, 7) is 2.45. The number of hydrogen-bond donors (Lipinski definition) is 1. The van der Waals surface area contributed by atoms with Gasteiger partial charge in [-0.25, -0.2) is 4.68 Å². The molecule has 2 aromatic rings. The van der Waals surface area contributed by atoms with Crippen LogP contribution in [-0.4, -0.2) is 26.5 Å². The van der Waals surface area contributed by atoms with Crippen molar-refractivity contribution in [1.82, 2.24) is 15.0 Å². The maximum absolute atomic E-state index is 11.2. The van der Waals surface area contributed by atoms with Gasteiger partial charge in [-0.2, -0.15) is 0 Å². The first-order valence-corrected chi connectivity index (χ1v) is 7.38. The van der Waals surface area contributed by atoms with Crippen LogP contribution in [0.4, 0.5) is 5.69 Å². The van der Waals surface area contributed by atoms with Gasteiger partial charge in [0.25, 0.3) is 5.69 Å². The van der Waals surface area contributed by atoms with Crippen molar-refractivity contribution in [2.45, 2.75) is 26.2 Å². The molecule has 0 amide bonds. The highest BCUT2D eigenvalue weighted by Crippen LogP contribution is 2.31. The van der Waals surface area contributed by atoms with Crippen LogP contribution in [-0.2, 0) is 6.42 Å². The zero-order valence-corrected chi connectivity index (χ0v) is 13.2. The molecule has 21 heavy (non-hydrogen) atoms. The van der Waals surface area contributed by atoms with Gasteiger partial charge in [0.15, 0.2) is 5.69 Å². The molecule has 0 atom stereocenters. The lowest BCUT2D eigenvalue weighted by Gasteiger charge is -2.06. The molecule has 1 heterocycles. The number of unbranched alkanes of at least 4 members (excludes halogenated alkanes) is 1. The molecule has 0 aliphatic rings. The van der Waals surface area contributed by atoms with Crippen molar-refractivity contribution in [3.05, 3.63) is 44.2 Å². The molecule has 0 saturated heterocycles. The number of nitrogens with two attached hydrogens (primary N) is 1. The Morgan fingerprint density at radius 2 is 2.19 bits per heavy atom. The Labute approximate surface area is 130 Å². The molecule has 2 rings (SSSR count). The fourth-order valence-corrected chi connectivity index (χ4v) is 2.80. The molecular formula is C13H16BrN5O2. The Bertz CT molecular complexity index is 656. The van der Waals surface area contributed by atoms with Crippen LogP contribution in [0.1, 0.15) is 24.1 Å². The van der Waals surface area contributed by atoms with Gasteiger partial charge in [0.2, 0.25) is 0 Å². The molecule has 0 unspecified atom stereocenters. The van der Waals surface area contributed by atoms with Gasteiger partial charge in [-0.15, -0.1) is 5.10 Å². The number of nitrogens with zero attached hydrogens (tertiary/aromatic N) is 4. The van der Waals surface area contributed by atoms with Gasteiger partial charge in [-0.1, -0.05) is 5.21 Å². The van der Waals surface area contributed by atoms with E-state index in [1.54, 1.807) is 13.1 Å². The Balaban J connectivity index is 2.36. The molecule has 0 saturated carbocycles. The third-order valence-electron chi connectivity index (χ3n) is 3.04. The molecular weight excluding hydrogens is 338 g/mol. The van der Waals surface area contributed by atoms with E-state index in [1.165, 1.54) is 10.7 Å². The molecule has 8 heteroatoms. The van der Waals surface area contributed by atoms with Crippen molar-refractivity contribution in [3.8, 4) is 5.69 Å². The number of aromatic nitrogens is 3. The number of halogens is 1. The molecule has 0 fully saturated rings. The van der Waals surface area contributed by atoms with E-state index in [2.05, 4.69) is 26.2 Å². The Kier molecular flexibility index (Phi) is 5.03. The third-order valence-corrected chi connectivity index (χ3v) is 3.65. The summed E-state index contributed by atoms with van der Waals surface area (Å²) in [4.78, 5) is 10.8. The summed E-state index contributed by atoms with van der Waals surface area (Å²) in [5, 5.41) is 19.3. The summed E-state index contributed by atoms with van der Waals surface area (Å²) in [6, 6.07) is 3.34. The second kappa shape index (κ2) is 6.77. The predicted molar refractivity (Wildman–Crippen MR) is 82.4 cm³/mol. The van der Waals surface area contributed by atoms with E-state index < -0.39 is 4.92 Å². The maximum Gasteiger partial charge on any atom is 0.296 e. The number of rotatable bonds is 6. The summed E-state index contributed by atoms with van der Waals surface area (Å²) >= 11 is 3.37. The first-order chi connectivity index (χ1) is 10.0. The minimum Gasteiger partial charge on any atom is -0.330 e. The van der Waals surface area contributed by atoms with Crippen LogP contribution in [0.25, 0.3) is 5.69 Å². The van der Waals surface area contributed by atoms with Crippen molar-refractivity contribution in [2.75, 3.05) is 6.54 Å². The van der Waals surface area contributed by atoms with Crippen molar-refractivity contribution < 1.29 is 4.92 Å². The normalized spacial score (nSPS) is 10.8. The van der Waals surface area contributed by atoms with Crippen LogP contribution in [0.5, 0.6) is 0 Å². The SMILES string of the molecule is Cc1cc(Br)c(-n2cc(CCCCN)nn2)c([N+](=O)[O-])c1.